The molecular formula is C27H25N3O5. The molecule has 4 rings (SSSR count). The molecule has 0 saturated heterocycles. The van der Waals surface area contributed by atoms with Gasteiger partial charge in [0.15, 0.2) is 0 Å². The standard InChI is InChI=1S/C27H25N3O5/c1-17-5-14-22-23(16-17)27(34)30(26(22)33)15-3-4-24(31)28-19-8-6-18(7-9-19)25(32)29-20-10-12-21(35-2)13-11-20/h5-14,16H,3-4,15H2,1-2H3,(H,28,31)(H,29,32). The average Bonchev–Trinajstić information content (AvgIpc) is 3.09. The van der Waals surface area contributed by atoms with Crippen LogP contribution in [0.25, 0.3) is 0 Å². The summed E-state index contributed by atoms with van der Waals surface area (Å²) in [5.74, 6) is -0.467. The number of rotatable bonds is 8. The maximum Gasteiger partial charge on any atom is 0.261 e. The summed E-state index contributed by atoms with van der Waals surface area (Å²) >= 11 is 0. The number of benzene rings is 3. The highest BCUT2D eigenvalue weighted by Crippen LogP contribution is 2.24. The minimum absolute atomic E-state index is 0.145. The molecule has 8 heteroatoms. The van der Waals surface area contributed by atoms with Crippen LogP contribution in [-0.4, -0.2) is 42.2 Å². The fraction of sp³-hybridized carbons (Fsp3) is 0.185. The molecule has 0 unspecified atom stereocenters. The summed E-state index contributed by atoms with van der Waals surface area (Å²) in [5, 5.41) is 5.57. The van der Waals surface area contributed by atoms with Crippen molar-refractivity contribution in [3.63, 3.8) is 0 Å². The van der Waals surface area contributed by atoms with E-state index in [4.69, 9.17) is 4.74 Å². The Morgan fingerprint density at radius 2 is 1.46 bits per heavy atom. The van der Waals surface area contributed by atoms with Gasteiger partial charge in [-0.1, -0.05) is 11.6 Å². The van der Waals surface area contributed by atoms with E-state index < -0.39 is 0 Å². The predicted octanol–water partition coefficient (Wildman–Crippen LogP) is 4.27. The highest BCUT2D eigenvalue weighted by atomic mass is 16.5. The number of carbonyl (C=O) groups is 4. The summed E-state index contributed by atoms with van der Waals surface area (Å²) in [5.41, 5.74) is 3.36. The van der Waals surface area contributed by atoms with Gasteiger partial charge in [0.2, 0.25) is 5.91 Å². The summed E-state index contributed by atoms with van der Waals surface area (Å²) in [6.07, 6.45) is 0.491. The van der Waals surface area contributed by atoms with Gasteiger partial charge < -0.3 is 15.4 Å². The number of aryl methyl sites for hydroxylation is 1. The van der Waals surface area contributed by atoms with E-state index in [-0.39, 0.29) is 36.6 Å². The van der Waals surface area contributed by atoms with Gasteiger partial charge in [0.05, 0.1) is 18.2 Å². The first-order valence-electron chi connectivity index (χ1n) is 11.2. The number of ether oxygens (including phenoxy) is 1. The number of fused-ring (bicyclic) bond motifs is 1. The van der Waals surface area contributed by atoms with E-state index in [9.17, 15) is 19.2 Å². The Balaban J connectivity index is 1.25. The van der Waals surface area contributed by atoms with Crippen LogP contribution < -0.4 is 15.4 Å². The normalized spacial score (nSPS) is 12.3. The topological polar surface area (TPSA) is 105 Å². The van der Waals surface area contributed by atoms with Crippen LogP contribution in [0.15, 0.2) is 66.7 Å². The van der Waals surface area contributed by atoms with Crippen LogP contribution in [0.4, 0.5) is 11.4 Å². The number of nitrogens with zero attached hydrogens (tertiary/aromatic N) is 1. The summed E-state index contributed by atoms with van der Waals surface area (Å²) in [6.45, 7) is 2.04. The second kappa shape index (κ2) is 10.2. The second-order valence-corrected chi connectivity index (χ2v) is 8.22. The molecule has 0 fully saturated rings. The van der Waals surface area contributed by atoms with Crippen molar-refractivity contribution in [1.82, 2.24) is 4.90 Å². The van der Waals surface area contributed by atoms with E-state index in [1.54, 1.807) is 73.8 Å². The molecule has 0 aliphatic carbocycles. The molecule has 4 amide bonds. The minimum atomic E-state index is -0.325. The number of imide groups is 1. The third-order valence-electron chi connectivity index (χ3n) is 5.69. The summed E-state index contributed by atoms with van der Waals surface area (Å²) in [6, 6.07) is 18.7. The predicted molar refractivity (Wildman–Crippen MR) is 132 cm³/mol. The van der Waals surface area contributed by atoms with Gasteiger partial charge >= 0.3 is 0 Å². The highest BCUT2D eigenvalue weighted by molar-refractivity contribution is 6.21. The van der Waals surface area contributed by atoms with Crippen molar-refractivity contribution in [2.75, 3.05) is 24.3 Å². The lowest BCUT2D eigenvalue weighted by molar-refractivity contribution is -0.116. The first-order chi connectivity index (χ1) is 16.9. The second-order valence-electron chi connectivity index (χ2n) is 8.22. The number of hydrogen-bond acceptors (Lipinski definition) is 5. The van der Waals surface area contributed by atoms with Crippen molar-refractivity contribution < 1.29 is 23.9 Å². The van der Waals surface area contributed by atoms with Gasteiger partial charge in [-0.25, -0.2) is 0 Å². The van der Waals surface area contributed by atoms with Gasteiger partial charge in [-0.15, -0.1) is 0 Å². The van der Waals surface area contributed by atoms with Crippen molar-refractivity contribution in [3.05, 3.63) is 89.0 Å². The molecule has 178 valence electrons. The Hall–Kier alpha value is -4.46. The molecule has 1 aliphatic rings. The number of methoxy groups -OCH3 is 1. The molecular weight excluding hydrogens is 446 g/mol. The third-order valence-corrected chi connectivity index (χ3v) is 5.69. The summed E-state index contributed by atoms with van der Waals surface area (Å²) in [7, 11) is 1.57. The van der Waals surface area contributed by atoms with E-state index in [0.29, 0.717) is 40.2 Å². The minimum Gasteiger partial charge on any atom is -0.497 e. The Morgan fingerprint density at radius 3 is 2.14 bits per heavy atom. The molecule has 0 aromatic heterocycles. The van der Waals surface area contributed by atoms with Gasteiger partial charge in [0.1, 0.15) is 5.75 Å². The van der Waals surface area contributed by atoms with Gasteiger partial charge in [0.25, 0.3) is 17.7 Å². The fourth-order valence-corrected chi connectivity index (χ4v) is 3.81. The zero-order valence-corrected chi connectivity index (χ0v) is 19.5. The van der Waals surface area contributed by atoms with Gasteiger partial charge in [-0.3, -0.25) is 24.1 Å². The Bertz CT molecular complexity index is 1280. The monoisotopic (exact) mass is 471 g/mol. The van der Waals surface area contributed by atoms with Crippen LogP contribution in [0.5, 0.6) is 5.75 Å². The SMILES string of the molecule is COc1ccc(NC(=O)c2ccc(NC(=O)CCCN3C(=O)c4ccc(C)cc4C3=O)cc2)cc1. The highest BCUT2D eigenvalue weighted by Gasteiger charge is 2.34. The molecule has 3 aromatic carbocycles. The number of amides is 4. The van der Waals surface area contributed by atoms with Crippen LogP contribution >= 0.6 is 0 Å². The van der Waals surface area contributed by atoms with Crippen LogP contribution in [0, 0.1) is 6.92 Å². The number of hydrogen-bond donors (Lipinski definition) is 2. The molecule has 0 radical (unpaired) electrons. The number of carbonyl (C=O) groups excluding carboxylic acids is 4. The van der Waals surface area contributed by atoms with E-state index in [1.165, 1.54) is 4.90 Å². The van der Waals surface area contributed by atoms with Crippen molar-refractivity contribution in [2.24, 2.45) is 0 Å². The summed E-state index contributed by atoms with van der Waals surface area (Å²) in [4.78, 5) is 51.0. The first-order valence-corrected chi connectivity index (χ1v) is 11.2. The van der Waals surface area contributed by atoms with Crippen molar-refractivity contribution >= 4 is 35.0 Å². The zero-order valence-electron chi connectivity index (χ0n) is 19.5. The van der Waals surface area contributed by atoms with Crippen molar-refractivity contribution in [3.8, 4) is 5.75 Å². The van der Waals surface area contributed by atoms with Gasteiger partial charge in [-0.05, 0) is 74.0 Å². The maximum absolute atomic E-state index is 12.5. The van der Waals surface area contributed by atoms with Crippen LogP contribution in [0.2, 0.25) is 0 Å². The smallest absolute Gasteiger partial charge is 0.261 e. The van der Waals surface area contributed by atoms with Crippen molar-refractivity contribution in [2.45, 2.75) is 19.8 Å². The molecule has 0 spiro atoms. The van der Waals surface area contributed by atoms with E-state index in [1.807, 2.05) is 6.92 Å². The van der Waals surface area contributed by atoms with Crippen LogP contribution in [0.3, 0.4) is 0 Å². The fourth-order valence-electron chi connectivity index (χ4n) is 3.81. The molecule has 0 atom stereocenters. The molecule has 1 heterocycles. The van der Waals surface area contributed by atoms with Crippen LogP contribution in [-0.2, 0) is 4.79 Å². The van der Waals surface area contributed by atoms with Gasteiger partial charge in [-0.2, -0.15) is 0 Å². The molecule has 0 bridgehead atoms. The Morgan fingerprint density at radius 1 is 0.829 bits per heavy atom. The van der Waals surface area contributed by atoms with E-state index in [0.717, 1.165) is 5.56 Å². The molecule has 8 nitrogen and oxygen atoms in total. The molecule has 3 aromatic rings. The largest absolute Gasteiger partial charge is 0.497 e. The Labute approximate surface area is 202 Å². The average molecular weight is 472 g/mol. The summed E-state index contributed by atoms with van der Waals surface area (Å²) < 4.78 is 5.10. The number of anilines is 2. The zero-order chi connectivity index (χ0) is 24.9. The molecule has 35 heavy (non-hydrogen) atoms. The van der Waals surface area contributed by atoms with Crippen LogP contribution in [0.1, 0.15) is 49.5 Å². The maximum atomic E-state index is 12.5. The third kappa shape index (κ3) is 5.38. The molecule has 1 aliphatic heterocycles. The quantitative estimate of drug-likeness (QED) is 0.478. The van der Waals surface area contributed by atoms with Gasteiger partial charge in [0, 0.05) is 29.9 Å². The van der Waals surface area contributed by atoms with Crippen molar-refractivity contribution in [1.29, 1.82) is 0 Å². The first kappa shape index (κ1) is 23.7. The lowest BCUT2D eigenvalue weighted by atomic mass is 10.1. The molecule has 2 N–H and O–H groups in total. The lowest BCUT2D eigenvalue weighted by Gasteiger charge is -2.13. The number of nitrogens with one attached hydrogen (secondary N) is 2. The Kier molecular flexibility index (Phi) is 6.91. The molecule has 0 saturated carbocycles. The lowest BCUT2D eigenvalue weighted by Crippen LogP contribution is -2.31. The van der Waals surface area contributed by atoms with E-state index >= 15 is 0 Å². The van der Waals surface area contributed by atoms with E-state index in [2.05, 4.69) is 10.6 Å².